The van der Waals surface area contributed by atoms with Crippen molar-refractivity contribution in [3.8, 4) is 11.1 Å². The zero-order valence-corrected chi connectivity index (χ0v) is 18.6. The topological polar surface area (TPSA) is 81.4 Å². The van der Waals surface area contributed by atoms with Gasteiger partial charge in [0.25, 0.3) is 5.91 Å². The van der Waals surface area contributed by atoms with Crippen LogP contribution in [-0.4, -0.2) is 32.8 Å². The van der Waals surface area contributed by atoms with Crippen molar-refractivity contribution in [1.82, 2.24) is 19.8 Å². The lowest BCUT2D eigenvalue weighted by molar-refractivity contribution is 0.102. The molecule has 0 bridgehead atoms. The Kier molecular flexibility index (Phi) is 5.91. The predicted octanol–water partition coefficient (Wildman–Crippen LogP) is 5.11. The van der Waals surface area contributed by atoms with E-state index in [0.29, 0.717) is 32.8 Å². The van der Waals surface area contributed by atoms with Crippen molar-refractivity contribution < 1.29 is 9.53 Å². The Morgan fingerprint density at radius 1 is 1.10 bits per heavy atom. The molecule has 0 spiro atoms. The van der Waals surface area contributed by atoms with E-state index < -0.39 is 5.91 Å². The molecule has 7 nitrogen and oxygen atoms in total. The van der Waals surface area contributed by atoms with E-state index in [1.165, 1.54) is 0 Å². The van der Waals surface area contributed by atoms with Gasteiger partial charge < -0.3 is 10.1 Å². The largest absolute Gasteiger partial charge is 0.378 e. The van der Waals surface area contributed by atoms with Crippen LogP contribution in [0.1, 0.15) is 27.4 Å². The zero-order chi connectivity index (χ0) is 22.1. The van der Waals surface area contributed by atoms with Crippen molar-refractivity contribution in [3.63, 3.8) is 0 Å². The summed E-state index contributed by atoms with van der Waals surface area (Å²) in [7, 11) is 1.60. The summed E-state index contributed by atoms with van der Waals surface area (Å²) in [4.78, 5) is 12.9. The van der Waals surface area contributed by atoms with Gasteiger partial charge in [0.1, 0.15) is 0 Å². The molecular weight excluding hydrogens is 437 g/mol. The number of rotatable bonds is 5. The molecule has 4 rings (SSSR count). The molecule has 0 aliphatic heterocycles. The van der Waals surface area contributed by atoms with Crippen molar-refractivity contribution in [1.29, 1.82) is 0 Å². The molecule has 0 fully saturated rings. The van der Waals surface area contributed by atoms with Crippen LogP contribution in [0, 0.1) is 13.8 Å². The van der Waals surface area contributed by atoms with Crippen LogP contribution in [0.15, 0.2) is 42.5 Å². The minimum atomic E-state index is -0.399. The van der Waals surface area contributed by atoms with E-state index in [2.05, 4.69) is 20.6 Å². The molecule has 0 aliphatic rings. The highest BCUT2D eigenvalue weighted by Crippen LogP contribution is 2.30. The average Bonchev–Trinajstić information content (AvgIpc) is 3.11. The quantitative estimate of drug-likeness (QED) is 0.451. The number of ether oxygens (including phenoxy) is 1. The molecule has 2 heterocycles. The molecule has 4 aromatic rings. The molecule has 0 unspecified atom stereocenters. The number of nitrogens with one attached hydrogen (secondary N) is 1. The fourth-order valence-electron chi connectivity index (χ4n) is 3.27. The SMILES string of the molecule is COCc1nn2c(C)c(C(=O)Nc3ccc(C)c(Cl)c3)nnc2c1-c1ccc(Cl)cc1. The van der Waals surface area contributed by atoms with Gasteiger partial charge in [0.2, 0.25) is 0 Å². The van der Waals surface area contributed by atoms with E-state index in [0.717, 1.165) is 16.7 Å². The first-order valence-corrected chi connectivity index (χ1v) is 10.2. The first-order valence-electron chi connectivity index (χ1n) is 9.46. The van der Waals surface area contributed by atoms with Gasteiger partial charge in [-0.15, -0.1) is 10.2 Å². The molecule has 9 heteroatoms. The Bertz CT molecular complexity index is 1290. The summed E-state index contributed by atoms with van der Waals surface area (Å²) < 4.78 is 6.93. The number of hydrogen-bond donors (Lipinski definition) is 1. The lowest BCUT2D eigenvalue weighted by Crippen LogP contribution is -2.18. The molecular formula is C22H19Cl2N5O2. The van der Waals surface area contributed by atoms with E-state index in [9.17, 15) is 4.79 Å². The summed E-state index contributed by atoms with van der Waals surface area (Å²) in [5, 5.41) is 17.2. The molecule has 2 aromatic heterocycles. The van der Waals surface area contributed by atoms with Crippen molar-refractivity contribution >= 4 is 40.4 Å². The summed E-state index contributed by atoms with van der Waals surface area (Å²) >= 11 is 12.2. The number of aromatic nitrogens is 4. The highest BCUT2D eigenvalue weighted by molar-refractivity contribution is 6.31. The van der Waals surface area contributed by atoms with Crippen molar-refractivity contribution in [3.05, 3.63) is 75.2 Å². The van der Waals surface area contributed by atoms with Crippen LogP contribution in [0.5, 0.6) is 0 Å². The van der Waals surface area contributed by atoms with Gasteiger partial charge in [-0.1, -0.05) is 41.4 Å². The number of carbonyl (C=O) groups excluding carboxylic acids is 1. The molecule has 0 atom stereocenters. The van der Waals surface area contributed by atoms with Crippen molar-refractivity contribution in [2.75, 3.05) is 12.4 Å². The molecule has 1 amide bonds. The van der Waals surface area contributed by atoms with Gasteiger partial charge in [-0.25, -0.2) is 4.52 Å². The Hall–Kier alpha value is -3.00. The molecule has 2 aromatic carbocycles. The second kappa shape index (κ2) is 8.63. The lowest BCUT2D eigenvalue weighted by atomic mass is 10.1. The van der Waals surface area contributed by atoms with Crippen molar-refractivity contribution in [2.45, 2.75) is 20.5 Å². The number of carbonyl (C=O) groups is 1. The highest BCUT2D eigenvalue weighted by Gasteiger charge is 2.22. The van der Waals surface area contributed by atoms with E-state index in [4.69, 9.17) is 27.9 Å². The number of halogens is 2. The van der Waals surface area contributed by atoms with Crippen LogP contribution >= 0.6 is 23.2 Å². The monoisotopic (exact) mass is 455 g/mol. The number of amides is 1. The maximum atomic E-state index is 12.9. The fraction of sp³-hybridized carbons (Fsp3) is 0.182. The van der Waals surface area contributed by atoms with Crippen LogP contribution in [0.3, 0.4) is 0 Å². The number of hydrogen-bond acceptors (Lipinski definition) is 5. The predicted molar refractivity (Wildman–Crippen MR) is 121 cm³/mol. The van der Waals surface area contributed by atoms with Crippen LogP contribution in [0.4, 0.5) is 5.69 Å². The minimum Gasteiger partial charge on any atom is -0.378 e. The first kappa shape index (κ1) is 21.2. The van der Waals surface area contributed by atoms with Crippen molar-refractivity contribution in [2.24, 2.45) is 0 Å². The summed E-state index contributed by atoms with van der Waals surface area (Å²) in [6, 6.07) is 12.7. The standard InChI is InChI=1S/C22H19Cl2N5O2/c1-12-4-9-16(10-17(12)24)25-22(30)20-13(2)29-21(27-26-20)19(18(28-29)11-31-3)14-5-7-15(23)8-6-14/h4-10H,11H2,1-3H3,(H,25,30). The van der Waals surface area contributed by atoms with Gasteiger partial charge >= 0.3 is 0 Å². The highest BCUT2D eigenvalue weighted by atomic mass is 35.5. The third kappa shape index (κ3) is 4.12. The molecule has 0 aliphatic carbocycles. The number of anilines is 1. The van der Waals surface area contributed by atoms with Gasteiger partial charge in [0.15, 0.2) is 11.3 Å². The fourth-order valence-corrected chi connectivity index (χ4v) is 3.58. The van der Waals surface area contributed by atoms with E-state index >= 15 is 0 Å². The molecule has 31 heavy (non-hydrogen) atoms. The van der Waals surface area contributed by atoms with E-state index in [-0.39, 0.29) is 12.3 Å². The Morgan fingerprint density at radius 2 is 1.84 bits per heavy atom. The van der Waals surface area contributed by atoms with Gasteiger partial charge in [-0.3, -0.25) is 4.79 Å². The zero-order valence-electron chi connectivity index (χ0n) is 17.1. The van der Waals surface area contributed by atoms with E-state index in [1.807, 2.05) is 25.1 Å². The number of aryl methyl sites for hydroxylation is 2. The maximum absolute atomic E-state index is 12.9. The molecule has 1 N–H and O–H groups in total. The smallest absolute Gasteiger partial charge is 0.278 e. The van der Waals surface area contributed by atoms with Crippen LogP contribution in [0.25, 0.3) is 16.8 Å². The first-order chi connectivity index (χ1) is 14.9. The number of nitrogens with zero attached hydrogens (tertiary/aromatic N) is 4. The summed E-state index contributed by atoms with van der Waals surface area (Å²) in [5.41, 5.74) is 5.10. The second-order valence-corrected chi connectivity index (χ2v) is 7.89. The van der Waals surface area contributed by atoms with Gasteiger partial charge in [0, 0.05) is 22.8 Å². The molecule has 0 saturated carbocycles. The number of fused-ring (bicyclic) bond motifs is 1. The second-order valence-electron chi connectivity index (χ2n) is 7.05. The minimum absolute atomic E-state index is 0.165. The van der Waals surface area contributed by atoms with Gasteiger partial charge in [-0.05, 0) is 49.2 Å². The number of methoxy groups -OCH3 is 1. The van der Waals surface area contributed by atoms with Gasteiger partial charge in [0.05, 0.1) is 23.6 Å². The lowest BCUT2D eigenvalue weighted by Gasteiger charge is -2.09. The van der Waals surface area contributed by atoms with Crippen LogP contribution in [-0.2, 0) is 11.3 Å². The maximum Gasteiger partial charge on any atom is 0.278 e. The normalized spacial score (nSPS) is 11.1. The average molecular weight is 456 g/mol. The van der Waals surface area contributed by atoms with Gasteiger partial charge in [-0.2, -0.15) is 5.10 Å². The summed E-state index contributed by atoms with van der Waals surface area (Å²) in [6.45, 7) is 3.95. The third-order valence-corrected chi connectivity index (χ3v) is 5.56. The number of benzene rings is 2. The Balaban J connectivity index is 1.77. The third-order valence-electron chi connectivity index (χ3n) is 4.90. The van der Waals surface area contributed by atoms with Crippen LogP contribution < -0.4 is 5.32 Å². The van der Waals surface area contributed by atoms with Crippen LogP contribution in [0.2, 0.25) is 10.0 Å². The molecule has 0 saturated heterocycles. The Morgan fingerprint density at radius 3 is 2.52 bits per heavy atom. The summed E-state index contributed by atoms with van der Waals surface area (Å²) in [6.07, 6.45) is 0. The molecule has 0 radical (unpaired) electrons. The Labute approximate surface area is 189 Å². The van der Waals surface area contributed by atoms with E-state index in [1.54, 1.807) is 42.8 Å². The summed E-state index contributed by atoms with van der Waals surface area (Å²) in [5.74, 6) is -0.399. The molecule has 158 valence electrons.